The van der Waals surface area contributed by atoms with Crippen LogP contribution in [-0.4, -0.2) is 91.0 Å². The van der Waals surface area contributed by atoms with Crippen LogP contribution in [0.2, 0.25) is 0 Å². The van der Waals surface area contributed by atoms with Crippen LogP contribution in [0.4, 0.5) is 0 Å². The summed E-state index contributed by atoms with van der Waals surface area (Å²) in [6.07, 6.45) is 3.63. The maximum atomic E-state index is 8.74. The normalized spacial score (nSPS) is 10.3. The summed E-state index contributed by atoms with van der Waals surface area (Å²) in [7, 11) is -0.782. The first-order valence-corrected chi connectivity index (χ1v) is 7.52. The van der Waals surface area contributed by atoms with Gasteiger partial charge in [0.15, 0.2) is 0 Å². The second-order valence-electron chi connectivity index (χ2n) is 4.00. The quantitative estimate of drug-likeness (QED) is 0.349. The molecule has 0 fully saturated rings. The van der Waals surface area contributed by atoms with Crippen molar-refractivity contribution in [3.63, 3.8) is 0 Å². The van der Waals surface area contributed by atoms with Crippen molar-refractivity contribution < 1.29 is 27.7 Å². The average molecular weight is 328 g/mol. The van der Waals surface area contributed by atoms with Crippen molar-refractivity contribution in [3.05, 3.63) is 25.3 Å². The van der Waals surface area contributed by atoms with E-state index in [2.05, 4.69) is 13.2 Å². The fraction of sp³-hybridized carbons (Fsp3) is 0.667. The molecule has 0 saturated carbocycles. The zero-order valence-electron chi connectivity index (χ0n) is 12.7. The van der Waals surface area contributed by atoms with E-state index in [0.717, 1.165) is 26.2 Å². The summed E-state index contributed by atoms with van der Waals surface area (Å²) in [5, 5.41) is 16.8. The lowest BCUT2D eigenvalue weighted by atomic mass is 10.5. The van der Waals surface area contributed by atoms with Gasteiger partial charge in [0.25, 0.3) is 0 Å². The summed E-state index contributed by atoms with van der Waals surface area (Å²) in [5.41, 5.74) is 0. The zero-order chi connectivity index (χ0) is 17.3. The SMILES string of the molecule is C=CCN(C)CCO.C=CCN(C)CCO.O=S(=O)(O)O. The van der Waals surface area contributed by atoms with E-state index in [0.29, 0.717) is 0 Å². The summed E-state index contributed by atoms with van der Waals surface area (Å²) in [6, 6.07) is 0. The molecule has 0 spiro atoms. The first kappa shape index (κ1) is 25.2. The van der Waals surface area contributed by atoms with Crippen molar-refractivity contribution in [3.8, 4) is 0 Å². The molecule has 0 aromatic rings. The summed E-state index contributed by atoms with van der Waals surface area (Å²) in [6.45, 7) is 10.7. The second kappa shape index (κ2) is 17.2. The number of rotatable bonds is 8. The topological polar surface area (TPSA) is 122 Å². The van der Waals surface area contributed by atoms with Gasteiger partial charge >= 0.3 is 10.4 Å². The highest BCUT2D eigenvalue weighted by Gasteiger charge is 1.89. The molecule has 0 aliphatic carbocycles. The van der Waals surface area contributed by atoms with Gasteiger partial charge in [-0.3, -0.25) is 9.11 Å². The van der Waals surface area contributed by atoms with Gasteiger partial charge in [0.1, 0.15) is 0 Å². The highest BCUT2D eigenvalue weighted by molar-refractivity contribution is 7.79. The number of aliphatic hydroxyl groups excluding tert-OH is 2. The van der Waals surface area contributed by atoms with Gasteiger partial charge < -0.3 is 20.0 Å². The largest absolute Gasteiger partial charge is 0.395 e. The smallest absolute Gasteiger partial charge is 0.394 e. The fourth-order valence-corrected chi connectivity index (χ4v) is 0.965. The maximum Gasteiger partial charge on any atom is 0.394 e. The van der Waals surface area contributed by atoms with Crippen molar-refractivity contribution in [2.24, 2.45) is 0 Å². The minimum atomic E-state index is -4.67. The molecule has 0 aromatic carbocycles. The molecule has 0 amide bonds. The maximum absolute atomic E-state index is 8.74. The van der Waals surface area contributed by atoms with Crippen LogP contribution in [0.3, 0.4) is 0 Å². The molecule has 4 N–H and O–H groups in total. The summed E-state index contributed by atoms with van der Waals surface area (Å²) >= 11 is 0. The van der Waals surface area contributed by atoms with Crippen molar-refractivity contribution in [1.82, 2.24) is 9.80 Å². The van der Waals surface area contributed by atoms with Crippen LogP contribution in [0.1, 0.15) is 0 Å². The molecular weight excluding hydrogens is 300 g/mol. The molecular formula is C12H28N2O6S. The molecule has 0 rings (SSSR count). The molecule has 21 heavy (non-hydrogen) atoms. The number of hydrogen-bond acceptors (Lipinski definition) is 6. The Morgan fingerprint density at radius 3 is 1.29 bits per heavy atom. The number of hydrogen-bond donors (Lipinski definition) is 4. The van der Waals surface area contributed by atoms with E-state index in [1.807, 2.05) is 36.0 Å². The molecule has 128 valence electrons. The summed E-state index contributed by atoms with van der Waals surface area (Å²) < 4.78 is 31.6. The van der Waals surface area contributed by atoms with E-state index in [1.54, 1.807) is 0 Å². The minimum Gasteiger partial charge on any atom is -0.395 e. The Morgan fingerprint density at radius 1 is 0.905 bits per heavy atom. The number of likely N-dealkylation sites (N-methyl/N-ethyl adjacent to an activating group) is 2. The lowest BCUT2D eigenvalue weighted by Gasteiger charge is -2.10. The third-order valence-corrected chi connectivity index (χ3v) is 1.84. The van der Waals surface area contributed by atoms with Crippen LogP contribution in [0.15, 0.2) is 25.3 Å². The van der Waals surface area contributed by atoms with Gasteiger partial charge in [0.05, 0.1) is 13.2 Å². The Bertz CT molecular complexity index is 309. The van der Waals surface area contributed by atoms with Crippen LogP contribution < -0.4 is 0 Å². The Kier molecular flexibility index (Phi) is 20.7. The van der Waals surface area contributed by atoms with Crippen molar-refractivity contribution in [1.29, 1.82) is 0 Å². The van der Waals surface area contributed by atoms with E-state index in [-0.39, 0.29) is 13.2 Å². The van der Waals surface area contributed by atoms with Gasteiger partial charge in [-0.15, -0.1) is 13.2 Å². The minimum absolute atomic E-state index is 0.227. The van der Waals surface area contributed by atoms with Gasteiger partial charge in [0.2, 0.25) is 0 Å². The van der Waals surface area contributed by atoms with Crippen LogP contribution >= 0.6 is 0 Å². The molecule has 0 atom stereocenters. The lowest BCUT2D eigenvalue weighted by molar-refractivity contribution is 0.232. The van der Waals surface area contributed by atoms with Crippen molar-refractivity contribution in [2.45, 2.75) is 0 Å². The zero-order valence-corrected chi connectivity index (χ0v) is 13.5. The molecule has 0 radical (unpaired) electrons. The van der Waals surface area contributed by atoms with Gasteiger partial charge in [-0.25, -0.2) is 0 Å². The molecule has 0 aliphatic rings. The van der Waals surface area contributed by atoms with E-state index < -0.39 is 10.4 Å². The molecule has 0 unspecified atom stereocenters. The molecule has 0 saturated heterocycles. The highest BCUT2D eigenvalue weighted by Crippen LogP contribution is 1.79. The average Bonchev–Trinajstić information content (AvgIpc) is 2.29. The first-order valence-electron chi connectivity index (χ1n) is 6.12. The number of aliphatic hydroxyl groups is 2. The summed E-state index contributed by atoms with van der Waals surface area (Å²) in [5.74, 6) is 0. The van der Waals surface area contributed by atoms with Crippen molar-refractivity contribution in [2.75, 3.05) is 53.5 Å². The van der Waals surface area contributed by atoms with E-state index in [9.17, 15) is 0 Å². The highest BCUT2D eigenvalue weighted by atomic mass is 32.3. The van der Waals surface area contributed by atoms with Gasteiger partial charge in [-0.1, -0.05) is 12.2 Å². The predicted molar refractivity (Wildman–Crippen MR) is 83.7 cm³/mol. The third-order valence-electron chi connectivity index (χ3n) is 1.84. The van der Waals surface area contributed by atoms with E-state index in [4.69, 9.17) is 27.7 Å². The summed E-state index contributed by atoms with van der Waals surface area (Å²) in [4.78, 5) is 3.99. The third kappa shape index (κ3) is 45.3. The molecule has 0 aliphatic heterocycles. The standard InChI is InChI=1S/2C6H13NO.H2O4S/c2*1-3-4-7(2)5-6-8;1-5(2,3)4/h2*3,8H,1,4-6H2,2H3;(H2,1,2,3,4). The molecule has 0 bridgehead atoms. The lowest BCUT2D eigenvalue weighted by Crippen LogP contribution is -2.21. The Hall–Kier alpha value is -0.810. The van der Waals surface area contributed by atoms with E-state index in [1.165, 1.54) is 0 Å². The van der Waals surface area contributed by atoms with Crippen LogP contribution in [0.25, 0.3) is 0 Å². The van der Waals surface area contributed by atoms with Crippen LogP contribution in [0.5, 0.6) is 0 Å². The monoisotopic (exact) mass is 328 g/mol. The number of nitrogens with zero attached hydrogens (tertiary/aromatic N) is 2. The second-order valence-corrected chi connectivity index (χ2v) is 4.89. The Labute approximate surface area is 127 Å². The van der Waals surface area contributed by atoms with Gasteiger partial charge in [0, 0.05) is 26.2 Å². The van der Waals surface area contributed by atoms with Gasteiger partial charge in [-0.2, -0.15) is 8.42 Å². The van der Waals surface area contributed by atoms with Crippen molar-refractivity contribution >= 4 is 10.4 Å². The fourth-order valence-electron chi connectivity index (χ4n) is 0.965. The predicted octanol–water partition coefficient (Wildman–Crippen LogP) is -0.460. The van der Waals surface area contributed by atoms with E-state index >= 15 is 0 Å². The van der Waals surface area contributed by atoms with Crippen LogP contribution in [-0.2, 0) is 10.4 Å². The molecule has 8 nitrogen and oxygen atoms in total. The molecule has 0 aromatic heterocycles. The Morgan fingerprint density at radius 2 is 1.14 bits per heavy atom. The Balaban J connectivity index is -0.000000239. The molecule has 9 heteroatoms. The van der Waals surface area contributed by atoms with Crippen LogP contribution in [0, 0.1) is 0 Å². The molecule has 0 heterocycles. The van der Waals surface area contributed by atoms with Gasteiger partial charge in [-0.05, 0) is 14.1 Å². The first-order chi connectivity index (χ1) is 9.62.